The quantitative estimate of drug-likeness (QED) is 0.385. The number of para-hydroxylation sites is 1. The Morgan fingerprint density at radius 3 is 2.45 bits per heavy atom. The summed E-state index contributed by atoms with van der Waals surface area (Å²) >= 11 is 0. The maximum Gasteiger partial charge on any atom is 0.269 e. The molecule has 0 fully saturated rings. The van der Waals surface area contributed by atoms with Crippen molar-refractivity contribution < 1.29 is 14.0 Å². The van der Waals surface area contributed by atoms with Gasteiger partial charge in [-0.2, -0.15) is 0 Å². The third-order valence-corrected chi connectivity index (χ3v) is 5.49. The number of aromatic amines is 1. The van der Waals surface area contributed by atoms with Gasteiger partial charge in [-0.05, 0) is 66.1 Å². The van der Waals surface area contributed by atoms with Gasteiger partial charge in [-0.15, -0.1) is 0 Å². The number of H-pyrrole nitrogens is 1. The van der Waals surface area contributed by atoms with Crippen molar-refractivity contribution in [3.8, 4) is 11.3 Å². The van der Waals surface area contributed by atoms with Crippen LogP contribution in [0.25, 0.3) is 22.2 Å². The van der Waals surface area contributed by atoms with Crippen molar-refractivity contribution in [2.75, 3.05) is 19.0 Å². The highest BCUT2D eigenvalue weighted by molar-refractivity contribution is 5.96. The number of halogens is 1. The number of hydrogen-bond acceptors (Lipinski definition) is 3. The SMILES string of the molecule is CN(C)c1cccc(C(=O)NNC(=O)CCc2c(-c3ccc(F)cc3)[nH]c3ccccc23)c1. The summed E-state index contributed by atoms with van der Waals surface area (Å²) < 4.78 is 13.4. The largest absolute Gasteiger partial charge is 0.378 e. The van der Waals surface area contributed by atoms with Gasteiger partial charge in [0.1, 0.15) is 5.82 Å². The van der Waals surface area contributed by atoms with Crippen LogP contribution in [0, 0.1) is 5.82 Å². The van der Waals surface area contributed by atoms with E-state index in [9.17, 15) is 14.0 Å². The van der Waals surface area contributed by atoms with E-state index in [-0.39, 0.29) is 24.1 Å². The monoisotopic (exact) mass is 444 g/mol. The van der Waals surface area contributed by atoms with Gasteiger partial charge in [0.2, 0.25) is 5.91 Å². The third-order valence-electron chi connectivity index (χ3n) is 5.49. The first-order chi connectivity index (χ1) is 15.9. The molecule has 0 saturated carbocycles. The Kier molecular flexibility index (Phi) is 6.40. The average molecular weight is 445 g/mol. The van der Waals surface area contributed by atoms with Crippen molar-refractivity contribution >= 4 is 28.4 Å². The second-order valence-electron chi connectivity index (χ2n) is 7.98. The van der Waals surface area contributed by atoms with Gasteiger partial charge in [0.15, 0.2) is 0 Å². The lowest BCUT2D eigenvalue weighted by Crippen LogP contribution is -2.41. The maximum atomic E-state index is 13.4. The van der Waals surface area contributed by atoms with Crippen molar-refractivity contribution in [2.24, 2.45) is 0 Å². The van der Waals surface area contributed by atoms with Crippen LogP contribution in [-0.4, -0.2) is 30.9 Å². The number of rotatable bonds is 6. The van der Waals surface area contributed by atoms with Crippen LogP contribution in [0.2, 0.25) is 0 Å². The zero-order chi connectivity index (χ0) is 23.4. The number of amides is 2. The van der Waals surface area contributed by atoms with Gasteiger partial charge in [0.05, 0.1) is 0 Å². The molecule has 0 aliphatic heterocycles. The minimum Gasteiger partial charge on any atom is -0.378 e. The van der Waals surface area contributed by atoms with E-state index in [4.69, 9.17) is 0 Å². The summed E-state index contributed by atoms with van der Waals surface area (Å²) in [6.07, 6.45) is 0.628. The Hall–Kier alpha value is -4.13. The van der Waals surface area contributed by atoms with Crippen LogP contribution in [0.5, 0.6) is 0 Å². The molecule has 0 saturated heterocycles. The van der Waals surface area contributed by atoms with E-state index in [2.05, 4.69) is 15.8 Å². The predicted octanol–water partition coefficient (Wildman–Crippen LogP) is 4.43. The molecule has 4 aromatic rings. The zero-order valence-corrected chi connectivity index (χ0v) is 18.5. The number of carbonyl (C=O) groups is 2. The van der Waals surface area contributed by atoms with Crippen molar-refractivity contribution in [3.05, 3.63) is 89.7 Å². The minimum atomic E-state index is -0.383. The topological polar surface area (TPSA) is 77.2 Å². The summed E-state index contributed by atoms with van der Waals surface area (Å²) in [6, 6.07) is 21.2. The van der Waals surface area contributed by atoms with E-state index < -0.39 is 0 Å². The molecule has 1 aromatic heterocycles. The fourth-order valence-corrected chi connectivity index (χ4v) is 3.75. The molecule has 3 N–H and O–H groups in total. The summed E-state index contributed by atoms with van der Waals surface area (Å²) in [6.45, 7) is 0. The summed E-state index contributed by atoms with van der Waals surface area (Å²) in [7, 11) is 3.79. The van der Waals surface area contributed by atoms with E-state index in [1.54, 1.807) is 30.3 Å². The summed E-state index contributed by atoms with van der Waals surface area (Å²) in [5.74, 6) is -0.990. The highest BCUT2D eigenvalue weighted by atomic mass is 19.1. The van der Waals surface area contributed by atoms with Crippen molar-refractivity contribution in [2.45, 2.75) is 12.8 Å². The summed E-state index contributed by atoms with van der Waals surface area (Å²) in [4.78, 5) is 30.2. The molecule has 0 unspecified atom stereocenters. The van der Waals surface area contributed by atoms with Gasteiger partial charge >= 0.3 is 0 Å². The summed E-state index contributed by atoms with van der Waals surface area (Å²) in [5, 5.41) is 1.01. The molecule has 0 radical (unpaired) electrons. The average Bonchev–Trinajstić information content (AvgIpc) is 3.20. The fraction of sp³-hybridized carbons (Fsp3) is 0.154. The minimum absolute atomic E-state index is 0.175. The van der Waals surface area contributed by atoms with E-state index >= 15 is 0 Å². The fourth-order valence-electron chi connectivity index (χ4n) is 3.75. The molecule has 33 heavy (non-hydrogen) atoms. The number of benzene rings is 3. The summed E-state index contributed by atoms with van der Waals surface area (Å²) in [5.41, 5.74) is 9.93. The number of nitrogens with one attached hydrogen (secondary N) is 3. The Labute approximate surface area is 191 Å². The molecule has 168 valence electrons. The number of fused-ring (bicyclic) bond motifs is 1. The molecule has 2 amide bonds. The highest BCUT2D eigenvalue weighted by Gasteiger charge is 2.15. The Bertz CT molecular complexity index is 1300. The predicted molar refractivity (Wildman–Crippen MR) is 128 cm³/mol. The second-order valence-corrected chi connectivity index (χ2v) is 7.98. The Morgan fingerprint density at radius 2 is 1.70 bits per heavy atom. The standard InChI is InChI=1S/C26H25FN4O2/c1-31(2)20-7-5-6-18(16-20)26(33)30-29-24(32)15-14-22-21-8-3-4-9-23(21)28-25(22)17-10-12-19(27)13-11-17/h3-13,16,28H,14-15H2,1-2H3,(H,29,32)(H,30,33). The Balaban J connectivity index is 1.44. The molecule has 6 nitrogen and oxygen atoms in total. The van der Waals surface area contributed by atoms with Crippen LogP contribution in [-0.2, 0) is 11.2 Å². The van der Waals surface area contributed by atoms with Gasteiger partial charge in [-0.1, -0.05) is 24.3 Å². The van der Waals surface area contributed by atoms with Crippen LogP contribution in [0.1, 0.15) is 22.3 Å². The first-order valence-corrected chi connectivity index (χ1v) is 10.6. The lowest BCUT2D eigenvalue weighted by atomic mass is 10.0. The molecule has 0 atom stereocenters. The lowest BCUT2D eigenvalue weighted by Gasteiger charge is -2.13. The van der Waals surface area contributed by atoms with Gasteiger partial charge < -0.3 is 9.88 Å². The number of aromatic nitrogens is 1. The number of nitrogens with zero attached hydrogens (tertiary/aromatic N) is 1. The van der Waals surface area contributed by atoms with Gasteiger partial charge in [0.25, 0.3) is 5.91 Å². The van der Waals surface area contributed by atoms with Gasteiger partial charge in [0, 0.05) is 48.4 Å². The van der Waals surface area contributed by atoms with Crippen LogP contribution < -0.4 is 15.8 Å². The number of hydrazine groups is 1. The van der Waals surface area contributed by atoms with Gasteiger partial charge in [-0.25, -0.2) is 4.39 Å². The molecular formula is C26H25FN4O2. The maximum absolute atomic E-state index is 13.4. The van der Waals surface area contributed by atoms with Crippen LogP contribution in [0.15, 0.2) is 72.8 Å². The van der Waals surface area contributed by atoms with Crippen LogP contribution in [0.4, 0.5) is 10.1 Å². The number of aryl methyl sites for hydroxylation is 1. The molecular weight excluding hydrogens is 419 g/mol. The van der Waals surface area contributed by atoms with Crippen LogP contribution in [0.3, 0.4) is 0 Å². The molecule has 0 aliphatic carbocycles. The normalized spacial score (nSPS) is 10.8. The zero-order valence-electron chi connectivity index (χ0n) is 18.5. The van der Waals surface area contributed by atoms with Crippen molar-refractivity contribution in [1.29, 1.82) is 0 Å². The van der Waals surface area contributed by atoms with E-state index in [1.807, 2.05) is 49.3 Å². The van der Waals surface area contributed by atoms with Crippen molar-refractivity contribution in [3.63, 3.8) is 0 Å². The highest BCUT2D eigenvalue weighted by Crippen LogP contribution is 2.31. The van der Waals surface area contributed by atoms with E-state index in [0.29, 0.717) is 12.0 Å². The molecule has 1 heterocycles. The molecule has 0 bridgehead atoms. The van der Waals surface area contributed by atoms with E-state index in [0.717, 1.165) is 33.4 Å². The first kappa shape index (κ1) is 22.1. The van der Waals surface area contributed by atoms with Gasteiger partial charge in [-0.3, -0.25) is 20.4 Å². The number of anilines is 1. The molecule has 0 spiro atoms. The van der Waals surface area contributed by atoms with E-state index in [1.165, 1.54) is 12.1 Å². The van der Waals surface area contributed by atoms with Crippen molar-refractivity contribution in [1.82, 2.24) is 15.8 Å². The number of carbonyl (C=O) groups excluding carboxylic acids is 2. The molecule has 7 heteroatoms. The Morgan fingerprint density at radius 1 is 0.939 bits per heavy atom. The molecule has 0 aliphatic rings. The second kappa shape index (κ2) is 9.56. The number of hydrogen-bond donors (Lipinski definition) is 3. The lowest BCUT2D eigenvalue weighted by molar-refractivity contribution is -0.121. The molecule has 3 aromatic carbocycles. The first-order valence-electron chi connectivity index (χ1n) is 10.6. The smallest absolute Gasteiger partial charge is 0.269 e. The third kappa shape index (κ3) is 5.03. The molecule has 4 rings (SSSR count). The van der Waals surface area contributed by atoms with Crippen LogP contribution >= 0.6 is 0 Å².